The highest BCUT2D eigenvalue weighted by atomic mass is 79.9. The summed E-state index contributed by atoms with van der Waals surface area (Å²) in [5.74, 6) is 0. The molecule has 72 valence electrons. The molecule has 0 saturated carbocycles. The van der Waals surface area contributed by atoms with Crippen LogP contribution in [0.25, 0.3) is 5.70 Å². The van der Waals surface area contributed by atoms with Crippen LogP contribution in [0.4, 0.5) is 0 Å². The second-order valence-electron chi connectivity index (χ2n) is 2.57. The van der Waals surface area contributed by atoms with Crippen LogP contribution < -0.4 is 5.43 Å². The van der Waals surface area contributed by atoms with Gasteiger partial charge in [-0.2, -0.15) is 5.10 Å². The van der Waals surface area contributed by atoms with Crippen LogP contribution in [0.3, 0.4) is 0 Å². The fraction of sp³-hybridized carbons (Fsp3) is 0. The monoisotopic (exact) mass is 251 g/mol. The summed E-state index contributed by atoms with van der Waals surface area (Å²) in [7, 11) is 0. The predicted molar refractivity (Wildman–Crippen MR) is 63.3 cm³/mol. The highest BCUT2D eigenvalue weighted by molar-refractivity contribution is 8.93. The molecule has 2 heterocycles. The smallest absolute Gasteiger partial charge is 0.0879 e. The average Bonchev–Trinajstić information content (AvgIpc) is 2.47. The molecule has 14 heavy (non-hydrogen) atoms. The molecule has 1 N–H and O–H groups in total. The van der Waals surface area contributed by atoms with Gasteiger partial charge in [-0.3, -0.25) is 10.4 Å². The quantitative estimate of drug-likeness (QED) is 0.831. The molecule has 4 heteroatoms. The van der Waals surface area contributed by atoms with Crippen molar-refractivity contribution < 1.29 is 0 Å². The number of hydrogen-bond acceptors (Lipinski definition) is 3. The third-order valence-corrected chi connectivity index (χ3v) is 1.66. The van der Waals surface area contributed by atoms with Gasteiger partial charge in [-0.15, -0.1) is 17.0 Å². The number of halogens is 1. The number of rotatable bonds is 1. The van der Waals surface area contributed by atoms with Crippen molar-refractivity contribution >= 4 is 28.9 Å². The first kappa shape index (κ1) is 10.7. The number of nitrogens with zero attached hydrogens (tertiary/aromatic N) is 2. The molecular weight excluding hydrogens is 242 g/mol. The van der Waals surface area contributed by atoms with Gasteiger partial charge in [0.05, 0.1) is 11.4 Å². The van der Waals surface area contributed by atoms with E-state index < -0.39 is 0 Å². The van der Waals surface area contributed by atoms with E-state index in [1.54, 1.807) is 12.4 Å². The van der Waals surface area contributed by atoms with Crippen molar-refractivity contribution in [1.29, 1.82) is 0 Å². The zero-order valence-electron chi connectivity index (χ0n) is 7.42. The van der Waals surface area contributed by atoms with Gasteiger partial charge in [0, 0.05) is 12.4 Å². The van der Waals surface area contributed by atoms with Crippen LogP contribution >= 0.6 is 17.0 Å². The second kappa shape index (κ2) is 5.34. The van der Waals surface area contributed by atoms with Gasteiger partial charge in [0.25, 0.3) is 0 Å². The highest BCUT2D eigenvalue weighted by Gasteiger charge is 1.99. The van der Waals surface area contributed by atoms with Crippen LogP contribution in [0, 0.1) is 0 Å². The molecule has 1 aliphatic heterocycles. The molecule has 0 bridgehead atoms. The van der Waals surface area contributed by atoms with Gasteiger partial charge < -0.3 is 0 Å². The number of aromatic nitrogens is 1. The van der Waals surface area contributed by atoms with Gasteiger partial charge in [-0.1, -0.05) is 12.1 Å². The zero-order chi connectivity index (χ0) is 8.93. The average molecular weight is 252 g/mol. The van der Waals surface area contributed by atoms with E-state index in [0.717, 1.165) is 11.4 Å². The van der Waals surface area contributed by atoms with E-state index in [1.807, 2.05) is 36.4 Å². The lowest BCUT2D eigenvalue weighted by Gasteiger charge is -2.02. The Balaban J connectivity index is 0.000000980. The molecule has 0 aliphatic carbocycles. The van der Waals surface area contributed by atoms with E-state index in [9.17, 15) is 0 Å². The summed E-state index contributed by atoms with van der Waals surface area (Å²) in [6.45, 7) is 0. The maximum atomic E-state index is 4.21. The first-order valence-electron chi connectivity index (χ1n) is 4.04. The molecule has 1 aliphatic rings. The Labute approximate surface area is 93.0 Å². The van der Waals surface area contributed by atoms with Crippen molar-refractivity contribution in [2.75, 3.05) is 0 Å². The second-order valence-corrected chi connectivity index (χ2v) is 2.57. The first-order chi connectivity index (χ1) is 6.47. The Morgan fingerprint density at radius 1 is 1.14 bits per heavy atom. The standard InChI is InChI=1S/C10H9N3.BrH/c1-3-7-11-9(5-1)10-6-2-4-8-12-13-10;/h1-8,13H;1H. The van der Waals surface area contributed by atoms with Crippen molar-refractivity contribution in [3.05, 3.63) is 48.3 Å². The van der Waals surface area contributed by atoms with E-state index in [4.69, 9.17) is 0 Å². The van der Waals surface area contributed by atoms with Crippen molar-refractivity contribution in [2.45, 2.75) is 0 Å². The van der Waals surface area contributed by atoms with Crippen LogP contribution in [-0.2, 0) is 0 Å². The maximum Gasteiger partial charge on any atom is 0.0879 e. The molecule has 0 saturated heterocycles. The number of hydrogen-bond donors (Lipinski definition) is 1. The Hall–Kier alpha value is -1.42. The Bertz CT molecular complexity index is 368. The van der Waals surface area contributed by atoms with E-state index >= 15 is 0 Å². The Kier molecular flexibility index (Phi) is 4.07. The fourth-order valence-electron chi connectivity index (χ4n) is 1.05. The van der Waals surface area contributed by atoms with E-state index in [-0.39, 0.29) is 17.0 Å². The van der Waals surface area contributed by atoms with Crippen LogP contribution in [0.5, 0.6) is 0 Å². The molecular formula is C10H10BrN3. The molecule has 1 aromatic rings. The van der Waals surface area contributed by atoms with E-state index in [0.29, 0.717) is 0 Å². The van der Waals surface area contributed by atoms with Crippen LogP contribution in [0.2, 0.25) is 0 Å². The summed E-state index contributed by atoms with van der Waals surface area (Å²) < 4.78 is 0. The normalized spacial score (nSPS) is 13.6. The maximum absolute atomic E-state index is 4.21. The minimum atomic E-state index is 0. The Morgan fingerprint density at radius 3 is 2.86 bits per heavy atom. The lowest BCUT2D eigenvalue weighted by atomic mass is 10.2. The molecule has 0 unspecified atom stereocenters. The number of hydrazone groups is 1. The van der Waals surface area contributed by atoms with Gasteiger partial charge in [0.1, 0.15) is 0 Å². The molecule has 0 fully saturated rings. The fourth-order valence-corrected chi connectivity index (χ4v) is 1.05. The molecule has 0 radical (unpaired) electrons. The minimum absolute atomic E-state index is 0. The number of pyridine rings is 1. The lowest BCUT2D eigenvalue weighted by Crippen LogP contribution is -2.04. The molecule has 0 amide bonds. The molecule has 3 nitrogen and oxygen atoms in total. The predicted octanol–water partition coefficient (Wildman–Crippen LogP) is 2.15. The zero-order valence-corrected chi connectivity index (χ0v) is 9.13. The van der Waals surface area contributed by atoms with Crippen LogP contribution in [-0.4, -0.2) is 11.2 Å². The van der Waals surface area contributed by atoms with Crippen LogP contribution in [0.15, 0.2) is 47.7 Å². The Morgan fingerprint density at radius 2 is 2.07 bits per heavy atom. The van der Waals surface area contributed by atoms with Gasteiger partial charge in [-0.25, -0.2) is 0 Å². The van der Waals surface area contributed by atoms with Crippen molar-refractivity contribution in [2.24, 2.45) is 5.10 Å². The SMILES string of the molecule is Br.C1=CC=C(c2ccccn2)NN=C1. The summed E-state index contributed by atoms with van der Waals surface area (Å²) in [6, 6.07) is 5.77. The first-order valence-corrected chi connectivity index (χ1v) is 4.04. The number of allylic oxidation sites excluding steroid dienone is 3. The van der Waals surface area contributed by atoms with Gasteiger partial charge in [0.2, 0.25) is 0 Å². The van der Waals surface area contributed by atoms with E-state index in [2.05, 4.69) is 15.5 Å². The third kappa shape index (κ3) is 2.53. The highest BCUT2D eigenvalue weighted by Crippen LogP contribution is 2.08. The summed E-state index contributed by atoms with van der Waals surface area (Å²) >= 11 is 0. The summed E-state index contributed by atoms with van der Waals surface area (Å²) in [4.78, 5) is 4.21. The van der Waals surface area contributed by atoms with Gasteiger partial charge in [-0.05, 0) is 24.3 Å². The molecule has 2 rings (SSSR count). The van der Waals surface area contributed by atoms with Crippen LogP contribution in [0.1, 0.15) is 5.69 Å². The molecule has 0 spiro atoms. The summed E-state index contributed by atoms with van der Waals surface area (Å²) in [6.07, 6.45) is 9.19. The third-order valence-electron chi connectivity index (χ3n) is 1.66. The summed E-state index contributed by atoms with van der Waals surface area (Å²) in [5, 5.41) is 3.96. The lowest BCUT2D eigenvalue weighted by molar-refractivity contribution is 0.988. The minimum Gasteiger partial charge on any atom is -0.276 e. The van der Waals surface area contributed by atoms with Crippen molar-refractivity contribution in [1.82, 2.24) is 10.4 Å². The van der Waals surface area contributed by atoms with Crippen molar-refractivity contribution in [3.8, 4) is 0 Å². The topological polar surface area (TPSA) is 37.3 Å². The molecule has 1 aromatic heterocycles. The summed E-state index contributed by atoms with van der Waals surface area (Å²) in [5.41, 5.74) is 4.71. The van der Waals surface area contributed by atoms with Crippen molar-refractivity contribution in [3.63, 3.8) is 0 Å². The van der Waals surface area contributed by atoms with Gasteiger partial charge in [0.15, 0.2) is 0 Å². The van der Waals surface area contributed by atoms with Gasteiger partial charge >= 0.3 is 0 Å². The molecule has 0 atom stereocenters. The molecule has 0 aromatic carbocycles. The van der Waals surface area contributed by atoms with E-state index in [1.165, 1.54) is 0 Å². The number of nitrogens with one attached hydrogen (secondary N) is 1. The largest absolute Gasteiger partial charge is 0.276 e.